The lowest BCUT2D eigenvalue weighted by Crippen LogP contribution is -2.23. The zero-order valence-corrected chi connectivity index (χ0v) is 16.1. The molecule has 3 rings (SSSR count). The molecule has 0 radical (unpaired) electrons. The van der Waals surface area contributed by atoms with Gasteiger partial charge in [0.25, 0.3) is 5.91 Å². The van der Waals surface area contributed by atoms with Crippen molar-refractivity contribution in [1.29, 1.82) is 0 Å². The number of nitrogens with one attached hydrogen (secondary N) is 1. The van der Waals surface area contributed by atoms with E-state index in [-0.39, 0.29) is 5.91 Å². The number of nitrogens with zero attached hydrogens (tertiary/aromatic N) is 2. The number of benzene rings is 2. The van der Waals surface area contributed by atoms with Crippen LogP contribution < -0.4 is 10.1 Å². The van der Waals surface area contributed by atoms with Crippen molar-refractivity contribution in [3.63, 3.8) is 0 Å². The average molecular weight is 414 g/mol. The molecule has 1 N–H and O–H groups in total. The van der Waals surface area contributed by atoms with E-state index in [0.717, 1.165) is 28.0 Å². The Morgan fingerprint density at radius 2 is 1.92 bits per heavy atom. The number of carbonyl (C=O) groups excluding carboxylic acids is 1. The quantitative estimate of drug-likeness (QED) is 0.631. The molecule has 0 saturated carbocycles. The number of hydrogen-bond donors (Lipinski definition) is 1. The van der Waals surface area contributed by atoms with Gasteiger partial charge in [0.05, 0.1) is 16.7 Å². The molecule has 5 nitrogen and oxygen atoms in total. The molecule has 1 aromatic heterocycles. The first-order valence-corrected chi connectivity index (χ1v) is 9.22. The number of amides is 1. The largest absolute Gasteiger partial charge is 0.488 e. The van der Waals surface area contributed by atoms with Gasteiger partial charge in [0.1, 0.15) is 12.4 Å². The number of ether oxygens (including phenoxy) is 1. The normalized spacial score (nSPS) is 10.5. The fraction of sp³-hybridized carbons (Fsp3) is 0.200. The smallest absolute Gasteiger partial charge is 0.251 e. The van der Waals surface area contributed by atoms with E-state index in [4.69, 9.17) is 4.74 Å². The monoisotopic (exact) mass is 413 g/mol. The van der Waals surface area contributed by atoms with E-state index in [9.17, 15) is 4.79 Å². The van der Waals surface area contributed by atoms with Gasteiger partial charge in [-0.25, -0.2) is 0 Å². The van der Waals surface area contributed by atoms with Gasteiger partial charge >= 0.3 is 0 Å². The van der Waals surface area contributed by atoms with E-state index in [1.54, 1.807) is 12.1 Å². The maximum Gasteiger partial charge on any atom is 0.251 e. The Labute approximate surface area is 161 Å². The van der Waals surface area contributed by atoms with Crippen LogP contribution in [0.1, 0.15) is 28.5 Å². The topological polar surface area (TPSA) is 56.2 Å². The minimum atomic E-state index is -0.116. The van der Waals surface area contributed by atoms with Gasteiger partial charge in [0, 0.05) is 18.3 Å². The summed E-state index contributed by atoms with van der Waals surface area (Å²) in [4.78, 5) is 12.2. The molecule has 0 atom stereocenters. The number of aromatic nitrogens is 2. The molecular formula is C20H20BrN3O2. The van der Waals surface area contributed by atoms with Gasteiger partial charge in [-0.3, -0.25) is 9.48 Å². The van der Waals surface area contributed by atoms with E-state index in [0.29, 0.717) is 18.7 Å². The van der Waals surface area contributed by atoms with E-state index >= 15 is 0 Å². The second-order valence-electron chi connectivity index (χ2n) is 5.76. The Morgan fingerprint density at radius 3 is 2.62 bits per heavy atom. The Kier molecular flexibility index (Phi) is 6.07. The highest BCUT2D eigenvalue weighted by molar-refractivity contribution is 9.10. The van der Waals surface area contributed by atoms with Gasteiger partial charge in [-0.1, -0.05) is 24.3 Å². The van der Waals surface area contributed by atoms with Crippen LogP contribution in [0.4, 0.5) is 0 Å². The van der Waals surface area contributed by atoms with Crippen molar-refractivity contribution in [3.8, 4) is 5.75 Å². The van der Waals surface area contributed by atoms with Crippen LogP contribution in [0.5, 0.6) is 5.75 Å². The van der Waals surface area contributed by atoms with Crippen molar-refractivity contribution < 1.29 is 9.53 Å². The summed E-state index contributed by atoms with van der Waals surface area (Å²) in [5, 5.41) is 7.24. The van der Waals surface area contributed by atoms with Crippen molar-refractivity contribution in [2.24, 2.45) is 0 Å². The summed E-state index contributed by atoms with van der Waals surface area (Å²) in [6.45, 7) is 3.70. The molecule has 0 saturated heterocycles. The first kappa shape index (κ1) is 18.2. The number of rotatable bonds is 7. The molecule has 0 aliphatic heterocycles. The summed E-state index contributed by atoms with van der Waals surface area (Å²) in [6, 6.07) is 17.0. The van der Waals surface area contributed by atoms with Gasteiger partial charge in [-0.2, -0.15) is 5.10 Å². The van der Waals surface area contributed by atoms with Crippen molar-refractivity contribution in [3.05, 3.63) is 82.1 Å². The molecule has 0 spiro atoms. The third-order valence-corrected chi connectivity index (χ3v) is 4.55. The van der Waals surface area contributed by atoms with Crippen LogP contribution >= 0.6 is 15.9 Å². The number of para-hydroxylation sites is 1. The highest BCUT2D eigenvalue weighted by Crippen LogP contribution is 2.24. The molecule has 3 aromatic rings. The second-order valence-corrected chi connectivity index (χ2v) is 6.62. The van der Waals surface area contributed by atoms with Gasteiger partial charge in [-0.05, 0) is 58.7 Å². The molecule has 0 bridgehead atoms. The first-order valence-electron chi connectivity index (χ1n) is 8.42. The van der Waals surface area contributed by atoms with Gasteiger partial charge in [0.2, 0.25) is 0 Å². The Hall–Kier alpha value is -2.60. The molecule has 0 aliphatic rings. The van der Waals surface area contributed by atoms with E-state index in [1.807, 2.05) is 60.3 Å². The Bertz CT molecular complexity index is 875. The summed E-state index contributed by atoms with van der Waals surface area (Å²) >= 11 is 3.46. The summed E-state index contributed by atoms with van der Waals surface area (Å²) in [7, 11) is 0. The number of carbonyl (C=O) groups is 1. The molecule has 26 heavy (non-hydrogen) atoms. The average Bonchev–Trinajstić information content (AvgIpc) is 3.14. The molecule has 1 heterocycles. The zero-order valence-electron chi connectivity index (χ0n) is 14.5. The molecule has 0 unspecified atom stereocenters. The lowest BCUT2D eigenvalue weighted by atomic mass is 10.1. The predicted molar refractivity (Wildman–Crippen MR) is 104 cm³/mol. The first-order chi connectivity index (χ1) is 12.7. The molecule has 1 amide bonds. The molecular weight excluding hydrogens is 394 g/mol. The maximum absolute atomic E-state index is 12.2. The minimum absolute atomic E-state index is 0.116. The van der Waals surface area contributed by atoms with E-state index < -0.39 is 0 Å². The van der Waals surface area contributed by atoms with Crippen LogP contribution in [0.2, 0.25) is 0 Å². The third-order valence-electron chi connectivity index (χ3n) is 3.90. The lowest BCUT2D eigenvalue weighted by molar-refractivity contribution is 0.0950. The third kappa shape index (κ3) is 4.73. The molecule has 0 aliphatic carbocycles. The summed E-state index contributed by atoms with van der Waals surface area (Å²) in [6.07, 6.45) is 1.90. The van der Waals surface area contributed by atoms with Crippen LogP contribution in [-0.4, -0.2) is 15.7 Å². The van der Waals surface area contributed by atoms with Crippen molar-refractivity contribution >= 4 is 21.8 Å². The van der Waals surface area contributed by atoms with E-state index in [1.165, 1.54) is 0 Å². The SMILES string of the molecule is CCn1ccc(CNC(=O)c2ccc(COc3ccccc3Br)cc2)n1. The number of aryl methyl sites for hydroxylation is 1. The number of halogens is 1. The lowest BCUT2D eigenvalue weighted by Gasteiger charge is -2.09. The zero-order chi connectivity index (χ0) is 18.4. The Morgan fingerprint density at radius 1 is 1.15 bits per heavy atom. The predicted octanol–water partition coefficient (Wildman–Crippen LogP) is 4.17. The molecule has 2 aromatic carbocycles. The highest BCUT2D eigenvalue weighted by Gasteiger charge is 2.07. The van der Waals surface area contributed by atoms with Crippen molar-refractivity contribution in [1.82, 2.24) is 15.1 Å². The van der Waals surface area contributed by atoms with Crippen molar-refractivity contribution in [2.45, 2.75) is 26.6 Å². The van der Waals surface area contributed by atoms with Crippen molar-refractivity contribution in [2.75, 3.05) is 0 Å². The van der Waals surface area contributed by atoms with Gasteiger partial charge in [0.15, 0.2) is 0 Å². The molecule has 6 heteroatoms. The number of hydrogen-bond acceptors (Lipinski definition) is 3. The van der Waals surface area contributed by atoms with Crippen LogP contribution in [0.3, 0.4) is 0 Å². The summed E-state index contributed by atoms with van der Waals surface area (Å²) < 4.78 is 8.54. The molecule has 0 fully saturated rings. The Balaban J connectivity index is 1.53. The fourth-order valence-corrected chi connectivity index (χ4v) is 2.82. The second kappa shape index (κ2) is 8.67. The standard InChI is InChI=1S/C20H20BrN3O2/c1-2-24-12-11-17(23-24)13-22-20(25)16-9-7-15(8-10-16)14-26-19-6-4-3-5-18(19)21/h3-12H,2,13-14H2,1H3,(H,22,25). The summed E-state index contributed by atoms with van der Waals surface area (Å²) in [5.74, 6) is 0.676. The van der Waals surface area contributed by atoms with Crippen LogP contribution in [0.25, 0.3) is 0 Å². The maximum atomic E-state index is 12.2. The fourth-order valence-electron chi connectivity index (χ4n) is 2.42. The van der Waals surface area contributed by atoms with Crippen LogP contribution in [0.15, 0.2) is 65.3 Å². The van der Waals surface area contributed by atoms with Crippen LogP contribution in [0, 0.1) is 0 Å². The van der Waals surface area contributed by atoms with Crippen LogP contribution in [-0.2, 0) is 19.7 Å². The van der Waals surface area contributed by atoms with E-state index in [2.05, 4.69) is 26.3 Å². The van der Waals surface area contributed by atoms with Gasteiger partial charge < -0.3 is 10.1 Å². The molecule has 134 valence electrons. The highest BCUT2D eigenvalue weighted by atomic mass is 79.9. The summed E-state index contributed by atoms with van der Waals surface area (Å²) in [5.41, 5.74) is 2.46. The minimum Gasteiger partial charge on any atom is -0.488 e. The van der Waals surface area contributed by atoms with Gasteiger partial charge in [-0.15, -0.1) is 0 Å².